The van der Waals surface area contributed by atoms with Crippen LogP contribution in [-0.4, -0.2) is 19.3 Å². The van der Waals surface area contributed by atoms with Crippen LogP contribution in [0.4, 0.5) is 10.1 Å². The summed E-state index contributed by atoms with van der Waals surface area (Å²) in [6.07, 6.45) is 0. The van der Waals surface area contributed by atoms with E-state index in [1.54, 1.807) is 0 Å². The highest BCUT2D eigenvalue weighted by molar-refractivity contribution is 8.15. The molecule has 1 aromatic carbocycles. The van der Waals surface area contributed by atoms with E-state index in [1.165, 1.54) is 23.9 Å². The number of halogens is 1. The molecule has 0 unspecified atom stereocenters. The van der Waals surface area contributed by atoms with Gasteiger partial charge in [0.1, 0.15) is 10.7 Å². The van der Waals surface area contributed by atoms with E-state index in [-0.39, 0.29) is 10.1 Å². The second-order valence-electron chi connectivity index (χ2n) is 3.88. The van der Waals surface area contributed by atoms with Gasteiger partial charge >= 0.3 is 0 Å². The molecule has 0 radical (unpaired) electrons. The Hall–Kier alpha value is -1.34. The van der Waals surface area contributed by atoms with Crippen molar-refractivity contribution in [2.24, 2.45) is 4.40 Å². The van der Waals surface area contributed by atoms with Crippen molar-refractivity contribution in [3.63, 3.8) is 0 Å². The Morgan fingerprint density at radius 1 is 1.56 bits per heavy atom. The van der Waals surface area contributed by atoms with Crippen LogP contribution in [0.1, 0.15) is 6.92 Å². The number of nitrogens with one attached hydrogen (secondary N) is 1. The van der Waals surface area contributed by atoms with Gasteiger partial charge in [-0.25, -0.2) is 4.39 Å². The molecule has 1 aliphatic heterocycles. The number of sulfonamides is 1. The Kier molecular flexibility index (Phi) is 3.45. The van der Waals surface area contributed by atoms with Gasteiger partial charge in [-0.2, -0.15) is 8.42 Å². The van der Waals surface area contributed by atoms with Gasteiger partial charge in [0.15, 0.2) is 5.17 Å². The fourth-order valence-electron chi connectivity index (χ4n) is 1.36. The van der Waals surface area contributed by atoms with Crippen LogP contribution in [0.25, 0.3) is 0 Å². The molecule has 0 atom stereocenters. The number of anilines is 1. The number of benzene rings is 1. The average molecular weight is 286 g/mol. The van der Waals surface area contributed by atoms with Crippen LogP contribution >= 0.6 is 11.8 Å². The summed E-state index contributed by atoms with van der Waals surface area (Å²) < 4.78 is 40.3. The molecule has 4 nitrogen and oxygen atoms in total. The van der Waals surface area contributed by atoms with Crippen LogP contribution in [-0.2, 0) is 10.0 Å². The standard InChI is InChI=1S/C11H11FN2O2S2/c1-7(2)6-17-11-13-9-4-3-8(12)5-10(9)18(15,16)14-11/h3-5H,1,6H2,2H3,(H,13,14). The highest BCUT2D eigenvalue weighted by Crippen LogP contribution is 2.30. The molecule has 1 heterocycles. The highest BCUT2D eigenvalue weighted by atomic mass is 32.2. The molecular formula is C11H11FN2O2S2. The Labute approximate surface area is 109 Å². The molecule has 18 heavy (non-hydrogen) atoms. The van der Waals surface area contributed by atoms with Crippen molar-refractivity contribution >= 4 is 32.6 Å². The van der Waals surface area contributed by atoms with Crippen molar-refractivity contribution in [2.45, 2.75) is 11.8 Å². The van der Waals surface area contributed by atoms with Crippen molar-refractivity contribution in [3.05, 3.63) is 36.2 Å². The summed E-state index contributed by atoms with van der Waals surface area (Å²) in [5.41, 5.74) is 1.25. The van der Waals surface area contributed by atoms with Crippen molar-refractivity contribution in [3.8, 4) is 0 Å². The summed E-state index contributed by atoms with van der Waals surface area (Å²) in [5.74, 6) is -0.0369. The van der Waals surface area contributed by atoms with Gasteiger partial charge < -0.3 is 5.32 Å². The summed E-state index contributed by atoms with van der Waals surface area (Å²) in [5, 5.41) is 3.14. The summed E-state index contributed by atoms with van der Waals surface area (Å²) >= 11 is 1.24. The van der Waals surface area contributed by atoms with Crippen molar-refractivity contribution < 1.29 is 12.8 Å². The van der Waals surface area contributed by atoms with Gasteiger partial charge in [0, 0.05) is 5.75 Å². The normalized spacial score (nSPS) is 16.4. The van der Waals surface area contributed by atoms with E-state index in [0.29, 0.717) is 11.4 Å². The fourth-order valence-corrected chi connectivity index (χ4v) is 3.45. The molecule has 0 bridgehead atoms. The lowest BCUT2D eigenvalue weighted by molar-refractivity contribution is 0.592. The zero-order valence-electron chi connectivity index (χ0n) is 9.60. The van der Waals surface area contributed by atoms with Crippen LogP contribution in [0, 0.1) is 5.82 Å². The van der Waals surface area contributed by atoms with Crippen molar-refractivity contribution in [2.75, 3.05) is 11.1 Å². The number of thioether (sulfide) groups is 1. The van der Waals surface area contributed by atoms with E-state index in [2.05, 4.69) is 16.3 Å². The maximum Gasteiger partial charge on any atom is 0.286 e. The Bertz CT molecular complexity index is 638. The Balaban J connectivity index is 2.36. The molecule has 0 aromatic heterocycles. The molecule has 1 aliphatic rings. The SMILES string of the molecule is C=C(C)CSC1=NS(=O)(=O)c2cc(F)ccc2N1. The molecule has 0 amide bonds. The van der Waals surface area contributed by atoms with Crippen molar-refractivity contribution in [1.82, 2.24) is 0 Å². The Morgan fingerprint density at radius 2 is 2.28 bits per heavy atom. The minimum atomic E-state index is -3.83. The van der Waals surface area contributed by atoms with E-state index >= 15 is 0 Å². The second-order valence-corrected chi connectivity index (χ2v) is 6.42. The molecule has 1 N–H and O–H groups in total. The lowest BCUT2D eigenvalue weighted by Gasteiger charge is -2.17. The minimum Gasteiger partial charge on any atom is -0.333 e. The van der Waals surface area contributed by atoms with Gasteiger partial charge in [-0.1, -0.05) is 23.9 Å². The summed E-state index contributed by atoms with van der Waals surface area (Å²) in [4.78, 5) is -0.137. The lowest BCUT2D eigenvalue weighted by Crippen LogP contribution is -2.19. The van der Waals surface area contributed by atoms with Crippen LogP contribution in [0.15, 0.2) is 39.6 Å². The smallest absolute Gasteiger partial charge is 0.286 e. The number of amidine groups is 1. The van der Waals surface area contributed by atoms with Gasteiger partial charge in [-0.3, -0.25) is 0 Å². The third-order valence-corrected chi connectivity index (χ3v) is 4.66. The second kappa shape index (κ2) is 4.74. The van der Waals surface area contributed by atoms with Crippen LogP contribution < -0.4 is 5.32 Å². The van der Waals surface area contributed by atoms with Gasteiger partial charge in [0.2, 0.25) is 0 Å². The van der Waals surface area contributed by atoms with Crippen LogP contribution in [0.3, 0.4) is 0 Å². The molecule has 2 rings (SSSR count). The third-order valence-electron chi connectivity index (χ3n) is 2.12. The average Bonchev–Trinajstić information content (AvgIpc) is 2.27. The number of hydrogen-bond donors (Lipinski definition) is 1. The van der Waals surface area contributed by atoms with E-state index in [1.807, 2.05) is 6.92 Å². The molecule has 7 heteroatoms. The number of rotatable bonds is 2. The van der Waals surface area contributed by atoms with Gasteiger partial charge in [0.25, 0.3) is 10.0 Å². The van der Waals surface area contributed by atoms with E-state index in [0.717, 1.165) is 11.6 Å². The fraction of sp³-hybridized carbons (Fsp3) is 0.182. The van der Waals surface area contributed by atoms with E-state index in [9.17, 15) is 12.8 Å². The molecule has 0 spiro atoms. The van der Waals surface area contributed by atoms with E-state index in [4.69, 9.17) is 0 Å². The van der Waals surface area contributed by atoms with Crippen LogP contribution in [0.2, 0.25) is 0 Å². The maximum atomic E-state index is 13.0. The molecular weight excluding hydrogens is 275 g/mol. The maximum absolute atomic E-state index is 13.0. The largest absolute Gasteiger partial charge is 0.333 e. The first kappa shape index (κ1) is 13.1. The van der Waals surface area contributed by atoms with Gasteiger partial charge in [0.05, 0.1) is 5.69 Å². The highest BCUT2D eigenvalue weighted by Gasteiger charge is 2.25. The van der Waals surface area contributed by atoms with Gasteiger partial charge in [-0.15, -0.1) is 4.40 Å². The molecule has 0 fully saturated rings. The number of fused-ring (bicyclic) bond motifs is 1. The minimum absolute atomic E-state index is 0.137. The number of nitrogens with zero attached hydrogens (tertiary/aromatic N) is 1. The predicted molar refractivity (Wildman–Crippen MR) is 71.9 cm³/mol. The number of hydrogen-bond acceptors (Lipinski definition) is 4. The summed E-state index contributed by atoms with van der Waals surface area (Å²) in [6, 6.07) is 3.55. The van der Waals surface area contributed by atoms with Crippen LogP contribution in [0.5, 0.6) is 0 Å². The van der Waals surface area contributed by atoms with E-state index < -0.39 is 15.8 Å². The third kappa shape index (κ3) is 2.73. The molecule has 0 aliphatic carbocycles. The zero-order chi connectivity index (χ0) is 13.3. The quantitative estimate of drug-likeness (QED) is 0.849. The first-order valence-electron chi connectivity index (χ1n) is 5.07. The molecule has 1 aromatic rings. The molecule has 0 saturated heterocycles. The summed E-state index contributed by atoms with van der Waals surface area (Å²) in [6.45, 7) is 5.57. The van der Waals surface area contributed by atoms with Gasteiger partial charge in [-0.05, 0) is 25.1 Å². The lowest BCUT2D eigenvalue weighted by atomic mass is 10.3. The first-order chi connectivity index (χ1) is 8.38. The molecule has 96 valence electrons. The Morgan fingerprint density at radius 3 is 2.94 bits per heavy atom. The zero-order valence-corrected chi connectivity index (χ0v) is 11.2. The summed E-state index contributed by atoms with van der Waals surface area (Å²) in [7, 11) is -3.83. The van der Waals surface area contributed by atoms with Crippen molar-refractivity contribution in [1.29, 1.82) is 0 Å². The molecule has 0 saturated carbocycles. The predicted octanol–water partition coefficient (Wildman–Crippen LogP) is 2.61. The monoisotopic (exact) mass is 286 g/mol. The topological polar surface area (TPSA) is 58.5 Å². The first-order valence-corrected chi connectivity index (χ1v) is 7.50.